The standard InChI is InChI=1S/C52H56N2O8Si/c1-37(50(55)58-27-28-63(2,3)4)54-52(57)62-36-41-21-14-22-44(29-41)46-31-43(24-26-49(46)60-34-39-17-10-6-11-18-39)42-23-25-48(59-33-38-15-8-5-9-16-38)45(30-42)32-47(53)51(56)61-35-40-19-12-7-13-20-40/h5-26,29-31,37,47H,27-28,32-36,53H2,1-4H3,(H,54,57)/t37-,47-/m0/s1. The summed E-state index contributed by atoms with van der Waals surface area (Å²) in [5.74, 6) is 0.264. The molecule has 11 heteroatoms. The number of alkyl carbamates (subject to hydrolysis) is 1. The van der Waals surface area contributed by atoms with Gasteiger partial charge in [0.1, 0.15) is 50.0 Å². The van der Waals surface area contributed by atoms with Gasteiger partial charge in [-0.3, -0.25) is 4.79 Å². The van der Waals surface area contributed by atoms with Crippen molar-refractivity contribution in [2.75, 3.05) is 6.61 Å². The van der Waals surface area contributed by atoms with Crippen molar-refractivity contribution in [1.82, 2.24) is 5.32 Å². The Balaban J connectivity index is 1.23. The molecule has 63 heavy (non-hydrogen) atoms. The van der Waals surface area contributed by atoms with Crippen molar-refractivity contribution in [3.8, 4) is 33.8 Å². The second-order valence-electron chi connectivity index (χ2n) is 16.6. The summed E-state index contributed by atoms with van der Waals surface area (Å²) in [5.41, 5.74) is 14.3. The number of carbonyl (C=O) groups is 3. The van der Waals surface area contributed by atoms with Gasteiger partial charge in [-0.05, 0) is 87.8 Å². The third-order valence-corrected chi connectivity index (χ3v) is 11.9. The number of ether oxygens (including phenoxy) is 5. The SMILES string of the molecule is C[C@H](NC(=O)OCc1cccc(-c2cc(-c3ccc(OCc4ccccc4)c(C[C@H](N)C(=O)OCc4ccccc4)c3)ccc2OCc2ccccc2)c1)C(=O)OCC[Si](C)(C)C. The predicted octanol–water partition coefficient (Wildman–Crippen LogP) is 10.3. The fourth-order valence-electron chi connectivity index (χ4n) is 6.58. The largest absolute Gasteiger partial charge is 0.489 e. The van der Waals surface area contributed by atoms with Crippen molar-refractivity contribution in [2.45, 2.75) is 77.5 Å². The number of amides is 1. The zero-order valence-electron chi connectivity index (χ0n) is 36.4. The number of hydrogen-bond acceptors (Lipinski definition) is 9. The van der Waals surface area contributed by atoms with E-state index in [1.54, 1.807) is 6.92 Å². The lowest BCUT2D eigenvalue weighted by Gasteiger charge is -2.18. The molecule has 6 rings (SSSR count). The highest BCUT2D eigenvalue weighted by Crippen LogP contribution is 2.37. The molecule has 0 radical (unpaired) electrons. The van der Waals surface area contributed by atoms with Gasteiger partial charge in [0.05, 0.1) is 6.61 Å². The van der Waals surface area contributed by atoms with E-state index in [0.29, 0.717) is 31.3 Å². The molecule has 0 aromatic heterocycles. The van der Waals surface area contributed by atoms with Gasteiger partial charge < -0.3 is 34.7 Å². The van der Waals surface area contributed by atoms with Crippen LogP contribution in [0.3, 0.4) is 0 Å². The highest BCUT2D eigenvalue weighted by Gasteiger charge is 2.22. The molecule has 1 amide bonds. The lowest BCUT2D eigenvalue weighted by Crippen LogP contribution is -2.40. The molecule has 0 aliphatic heterocycles. The van der Waals surface area contributed by atoms with Gasteiger partial charge in [0.15, 0.2) is 0 Å². The van der Waals surface area contributed by atoms with Crippen molar-refractivity contribution >= 4 is 26.1 Å². The molecule has 0 spiro atoms. The molecule has 0 heterocycles. The Bertz CT molecular complexity index is 2420. The van der Waals surface area contributed by atoms with E-state index in [9.17, 15) is 14.4 Å². The molecule has 0 fully saturated rings. The van der Waals surface area contributed by atoms with Gasteiger partial charge in [-0.25, -0.2) is 9.59 Å². The van der Waals surface area contributed by atoms with Crippen LogP contribution in [-0.4, -0.2) is 44.8 Å². The maximum absolute atomic E-state index is 13.2. The van der Waals surface area contributed by atoms with E-state index in [4.69, 9.17) is 29.4 Å². The molecule has 0 aliphatic carbocycles. The first-order valence-electron chi connectivity index (χ1n) is 21.2. The fraction of sp³-hybridized carbons (Fsp3) is 0.250. The zero-order valence-corrected chi connectivity index (χ0v) is 37.4. The average Bonchev–Trinajstić information content (AvgIpc) is 3.29. The van der Waals surface area contributed by atoms with E-state index in [1.807, 2.05) is 146 Å². The Kier molecular flexibility index (Phi) is 16.3. The summed E-state index contributed by atoms with van der Waals surface area (Å²) < 4.78 is 29.3. The summed E-state index contributed by atoms with van der Waals surface area (Å²) in [6, 6.07) is 47.9. The first-order valence-corrected chi connectivity index (χ1v) is 24.9. The highest BCUT2D eigenvalue weighted by molar-refractivity contribution is 6.76. The monoisotopic (exact) mass is 864 g/mol. The minimum Gasteiger partial charge on any atom is -0.489 e. The van der Waals surface area contributed by atoms with Crippen LogP contribution in [0.4, 0.5) is 4.79 Å². The third-order valence-electron chi connectivity index (χ3n) is 10.2. The Morgan fingerprint density at radius 2 is 1.10 bits per heavy atom. The average molecular weight is 865 g/mol. The molecule has 2 atom stereocenters. The van der Waals surface area contributed by atoms with Crippen molar-refractivity contribution in [3.05, 3.63) is 179 Å². The van der Waals surface area contributed by atoms with Gasteiger partial charge in [-0.1, -0.05) is 141 Å². The molecule has 6 aromatic carbocycles. The van der Waals surface area contributed by atoms with Crippen molar-refractivity contribution in [1.29, 1.82) is 0 Å². The summed E-state index contributed by atoms with van der Waals surface area (Å²) in [5, 5.41) is 2.58. The summed E-state index contributed by atoms with van der Waals surface area (Å²) in [6.45, 7) is 9.31. The van der Waals surface area contributed by atoms with Crippen molar-refractivity contribution in [3.63, 3.8) is 0 Å². The molecule has 0 unspecified atom stereocenters. The molecule has 326 valence electrons. The van der Waals surface area contributed by atoms with E-state index >= 15 is 0 Å². The Morgan fingerprint density at radius 1 is 0.556 bits per heavy atom. The molecule has 3 N–H and O–H groups in total. The van der Waals surface area contributed by atoms with Gasteiger partial charge in [-0.15, -0.1) is 0 Å². The number of hydrogen-bond donors (Lipinski definition) is 2. The van der Waals surface area contributed by atoms with Gasteiger partial charge in [-0.2, -0.15) is 0 Å². The van der Waals surface area contributed by atoms with E-state index in [2.05, 4.69) is 31.0 Å². The molecule has 0 aliphatic rings. The first-order chi connectivity index (χ1) is 30.4. The third kappa shape index (κ3) is 14.4. The second kappa shape index (κ2) is 22.4. The summed E-state index contributed by atoms with van der Waals surface area (Å²) in [4.78, 5) is 38.4. The normalized spacial score (nSPS) is 12.1. The highest BCUT2D eigenvalue weighted by atomic mass is 28.3. The van der Waals surface area contributed by atoms with Crippen LogP contribution in [0.25, 0.3) is 22.3 Å². The molecular formula is C52H56N2O8Si. The van der Waals surface area contributed by atoms with E-state index in [-0.39, 0.29) is 19.6 Å². The minimum absolute atomic E-state index is 0.0290. The maximum Gasteiger partial charge on any atom is 0.408 e. The van der Waals surface area contributed by atoms with Crippen LogP contribution in [0.5, 0.6) is 11.5 Å². The maximum atomic E-state index is 13.2. The van der Waals surface area contributed by atoms with Crippen LogP contribution in [0.15, 0.2) is 152 Å². The summed E-state index contributed by atoms with van der Waals surface area (Å²) in [7, 11) is -1.37. The molecule has 0 bridgehead atoms. The van der Waals surface area contributed by atoms with Gasteiger partial charge >= 0.3 is 18.0 Å². The summed E-state index contributed by atoms with van der Waals surface area (Å²) >= 11 is 0. The van der Waals surface area contributed by atoms with Gasteiger partial charge in [0.25, 0.3) is 0 Å². The van der Waals surface area contributed by atoms with Crippen LogP contribution in [0.2, 0.25) is 25.7 Å². The number of nitrogens with one attached hydrogen (secondary N) is 1. The van der Waals surface area contributed by atoms with E-state index < -0.39 is 38.2 Å². The zero-order chi connectivity index (χ0) is 44.6. The Morgan fingerprint density at radius 3 is 1.71 bits per heavy atom. The van der Waals surface area contributed by atoms with Crippen LogP contribution in [0.1, 0.15) is 34.7 Å². The van der Waals surface area contributed by atoms with Crippen LogP contribution in [0, 0.1) is 0 Å². The molecule has 0 saturated heterocycles. The second-order valence-corrected chi connectivity index (χ2v) is 22.2. The van der Waals surface area contributed by atoms with Crippen LogP contribution < -0.4 is 20.5 Å². The van der Waals surface area contributed by atoms with Gasteiger partial charge in [0, 0.05) is 20.1 Å². The first kappa shape index (κ1) is 45.8. The van der Waals surface area contributed by atoms with Gasteiger partial charge in [0.2, 0.25) is 0 Å². The predicted molar refractivity (Wildman–Crippen MR) is 249 cm³/mol. The number of rotatable bonds is 20. The number of esters is 2. The number of carbonyl (C=O) groups excluding carboxylic acids is 3. The number of nitrogens with two attached hydrogens (primary N) is 1. The lowest BCUT2D eigenvalue weighted by molar-refractivity contribution is -0.146. The van der Waals surface area contributed by atoms with Crippen LogP contribution in [-0.2, 0) is 56.6 Å². The van der Waals surface area contributed by atoms with Crippen molar-refractivity contribution < 1.29 is 38.1 Å². The minimum atomic E-state index is -1.37. The van der Waals surface area contributed by atoms with Crippen LogP contribution >= 0.6 is 0 Å². The molecular weight excluding hydrogens is 809 g/mol. The number of benzene rings is 6. The molecule has 6 aromatic rings. The quantitative estimate of drug-likeness (QED) is 0.0437. The topological polar surface area (TPSA) is 135 Å². The lowest BCUT2D eigenvalue weighted by atomic mass is 9.95. The molecule has 10 nitrogen and oxygen atoms in total. The Labute approximate surface area is 371 Å². The smallest absolute Gasteiger partial charge is 0.408 e. The van der Waals surface area contributed by atoms with Crippen molar-refractivity contribution in [2.24, 2.45) is 5.73 Å². The Hall–Kier alpha value is -6.69. The fourth-order valence-corrected chi connectivity index (χ4v) is 7.30. The van der Waals surface area contributed by atoms with E-state index in [1.165, 1.54) is 0 Å². The molecule has 0 saturated carbocycles. The summed E-state index contributed by atoms with van der Waals surface area (Å²) in [6.07, 6.45) is -0.537. The van der Waals surface area contributed by atoms with E-state index in [0.717, 1.165) is 56.1 Å².